The molecule has 0 aliphatic carbocycles. The van der Waals surface area contributed by atoms with E-state index in [2.05, 4.69) is 23.1 Å². The molecule has 1 aliphatic heterocycles. The number of aromatic nitrogens is 1. The Kier molecular flexibility index (Phi) is 5.26. The van der Waals surface area contributed by atoms with Gasteiger partial charge >= 0.3 is 0 Å². The van der Waals surface area contributed by atoms with Crippen molar-refractivity contribution in [2.45, 2.75) is 25.2 Å². The average Bonchev–Trinajstić information content (AvgIpc) is 3.02. The average molecular weight is 387 g/mol. The van der Waals surface area contributed by atoms with Crippen molar-refractivity contribution in [1.29, 1.82) is 5.26 Å². The molecule has 0 bridgehead atoms. The predicted octanol–water partition coefficient (Wildman–Crippen LogP) is 4.19. The van der Waals surface area contributed by atoms with E-state index in [1.807, 2.05) is 36.4 Å². The highest BCUT2D eigenvalue weighted by Crippen LogP contribution is 2.34. The summed E-state index contributed by atoms with van der Waals surface area (Å²) in [7, 11) is 3.41. The van der Waals surface area contributed by atoms with Crippen LogP contribution in [0, 0.1) is 11.3 Å². The SMILES string of the molecule is COc1ccc([C@H]2CCCN(c3c(C#N)c(=O)n(C)c4ccccc34)CC2)cc1. The van der Waals surface area contributed by atoms with Crippen molar-refractivity contribution in [3.8, 4) is 11.8 Å². The van der Waals surface area contributed by atoms with Crippen LogP contribution >= 0.6 is 0 Å². The van der Waals surface area contributed by atoms with Crippen LogP contribution in [0.4, 0.5) is 5.69 Å². The molecule has 5 nitrogen and oxygen atoms in total. The Labute approximate surface area is 170 Å². The number of pyridine rings is 1. The first-order chi connectivity index (χ1) is 14.1. The Hall–Kier alpha value is -3.26. The van der Waals surface area contributed by atoms with E-state index < -0.39 is 0 Å². The molecule has 0 N–H and O–H groups in total. The predicted molar refractivity (Wildman–Crippen MR) is 116 cm³/mol. The number of anilines is 1. The molecule has 3 aromatic rings. The number of hydrogen-bond donors (Lipinski definition) is 0. The Morgan fingerprint density at radius 2 is 1.83 bits per heavy atom. The third-order valence-corrected chi connectivity index (χ3v) is 6.02. The zero-order valence-electron chi connectivity index (χ0n) is 16.9. The molecule has 0 unspecified atom stereocenters. The van der Waals surface area contributed by atoms with Gasteiger partial charge in [-0.1, -0.05) is 30.3 Å². The van der Waals surface area contributed by atoms with Gasteiger partial charge in [-0.3, -0.25) is 4.79 Å². The van der Waals surface area contributed by atoms with Gasteiger partial charge in [0.05, 0.1) is 18.3 Å². The van der Waals surface area contributed by atoms with Gasteiger partial charge in [-0.15, -0.1) is 0 Å². The first-order valence-corrected chi connectivity index (χ1v) is 10.0. The Morgan fingerprint density at radius 1 is 1.07 bits per heavy atom. The summed E-state index contributed by atoms with van der Waals surface area (Å²) >= 11 is 0. The summed E-state index contributed by atoms with van der Waals surface area (Å²) in [5.74, 6) is 1.34. The smallest absolute Gasteiger partial charge is 0.270 e. The van der Waals surface area contributed by atoms with Crippen LogP contribution < -0.4 is 15.2 Å². The van der Waals surface area contributed by atoms with Crippen LogP contribution in [0.2, 0.25) is 0 Å². The number of nitriles is 1. The lowest BCUT2D eigenvalue weighted by Gasteiger charge is -2.26. The highest BCUT2D eigenvalue weighted by Gasteiger charge is 2.24. The molecular formula is C24H25N3O2. The number of ether oxygens (including phenoxy) is 1. The second kappa shape index (κ2) is 8.00. The Morgan fingerprint density at radius 3 is 2.55 bits per heavy atom. The fraction of sp³-hybridized carbons (Fsp3) is 0.333. The lowest BCUT2D eigenvalue weighted by atomic mass is 9.92. The number of nitrogens with zero attached hydrogens (tertiary/aromatic N) is 3. The maximum atomic E-state index is 12.8. The van der Waals surface area contributed by atoms with Gasteiger partial charge in [-0.05, 0) is 48.9 Å². The number of benzene rings is 2. The van der Waals surface area contributed by atoms with E-state index in [0.717, 1.165) is 54.7 Å². The van der Waals surface area contributed by atoms with Gasteiger partial charge in [-0.2, -0.15) is 5.26 Å². The maximum Gasteiger partial charge on any atom is 0.270 e. The Balaban J connectivity index is 1.69. The van der Waals surface area contributed by atoms with Gasteiger partial charge < -0.3 is 14.2 Å². The first-order valence-electron chi connectivity index (χ1n) is 10.0. The minimum Gasteiger partial charge on any atom is -0.497 e. The Bertz CT molecular complexity index is 1130. The summed E-state index contributed by atoms with van der Waals surface area (Å²) in [6.45, 7) is 1.67. The van der Waals surface area contributed by atoms with E-state index in [0.29, 0.717) is 5.92 Å². The number of para-hydroxylation sites is 1. The molecule has 0 radical (unpaired) electrons. The topological polar surface area (TPSA) is 58.3 Å². The summed E-state index contributed by atoms with van der Waals surface area (Å²) in [6, 6.07) is 18.4. The normalized spacial score (nSPS) is 17.0. The van der Waals surface area contributed by atoms with Gasteiger partial charge in [0.2, 0.25) is 0 Å². The molecule has 0 amide bonds. The van der Waals surface area contributed by atoms with E-state index in [1.165, 1.54) is 5.56 Å². The van der Waals surface area contributed by atoms with Crippen LogP contribution in [0.15, 0.2) is 53.3 Å². The third kappa shape index (κ3) is 3.47. The van der Waals surface area contributed by atoms with Gasteiger partial charge in [-0.25, -0.2) is 0 Å². The highest BCUT2D eigenvalue weighted by atomic mass is 16.5. The molecule has 0 saturated carbocycles. The van der Waals surface area contributed by atoms with Crippen molar-refractivity contribution in [2.75, 3.05) is 25.1 Å². The van der Waals surface area contributed by atoms with E-state index in [1.54, 1.807) is 18.7 Å². The lowest BCUT2D eigenvalue weighted by molar-refractivity contribution is 0.414. The molecule has 148 valence electrons. The second-order valence-electron chi connectivity index (χ2n) is 7.60. The van der Waals surface area contributed by atoms with Crippen LogP contribution in [-0.4, -0.2) is 24.8 Å². The maximum absolute atomic E-state index is 12.8. The quantitative estimate of drug-likeness (QED) is 0.676. The number of rotatable bonds is 3. The second-order valence-corrected chi connectivity index (χ2v) is 7.60. The molecule has 1 aromatic heterocycles. The molecular weight excluding hydrogens is 362 g/mol. The van der Waals surface area contributed by atoms with Crippen molar-refractivity contribution in [3.05, 3.63) is 70.0 Å². The molecule has 1 aliphatic rings. The molecule has 4 rings (SSSR count). The van der Waals surface area contributed by atoms with Crippen LogP contribution in [0.3, 0.4) is 0 Å². The van der Waals surface area contributed by atoms with Crippen LogP contribution in [0.25, 0.3) is 10.9 Å². The molecule has 1 saturated heterocycles. The zero-order chi connectivity index (χ0) is 20.4. The summed E-state index contributed by atoms with van der Waals surface area (Å²) in [6.07, 6.45) is 3.10. The fourth-order valence-corrected chi connectivity index (χ4v) is 4.44. The molecule has 5 heteroatoms. The van der Waals surface area contributed by atoms with Crippen LogP contribution in [0.5, 0.6) is 5.75 Å². The first kappa shape index (κ1) is 19.1. The number of aryl methyl sites for hydroxylation is 1. The van der Waals surface area contributed by atoms with Crippen LogP contribution in [-0.2, 0) is 7.05 Å². The molecule has 0 spiro atoms. The van der Waals surface area contributed by atoms with E-state index >= 15 is 0 Å². The van der Waals surface area contributed by atoms with Crippen molar-refractivity contribution in [1.82, 2.24) is 4.57 Å². The molecule has 1 fully saturated rings. The lowest BCUT2D eigenvalue weighted by Crippen LogP contribution is -2.30. The van der Waals surface area contributed by atoms with Crippen molar-refractivity contribution in [3.63, 3.8) is 0 Å². The standard InChI is InChI=1S/C24H25N3O2/c1-26-22-8-4-3-7-20(22)23(21(16-25)24(26)28)27-14-5-6-17(13-15-27)18-9-11-19(29-2)12-10-18/h3-4,7-12,17H,5-6,13-15H2,1-2H3/t17-/m0/s1. The van der Waals surface area contributed by atoms with E-state index in [9.17, 15) is 10.1 Å². The summed E-state index contributed by atoms with van der Waals surface area (Å²) < 4.78 is 6.85. The summed E-state index contributed by atoms with van der Waals surface area (Å²) in [5, 5.41) is 10.7. The largest absolute Gasteiger partial charge is 0.497 e. The van der Waals surface area contributed by atoms with Crippen molar-refractivity contribution in [2.24, 2.45) is 7.05 Å². The minimum atomic E-state index is -0.225. The van der Waals surface area contributed by atoms with E-state index in [-0.39, 0.29) is 11.1 Å². The van der Waals surface area contributed by atoms with Gasteiger partial charge in [0.25, 0.3) is 5.56 Å². The number of hydrogen-bond acceptors (Lipinski definition) is 4. The zero-order valence-corrected chi connectivity index (χ0v) is 16.9. The molecule has 2 heterocycles. The van der Waals surface area contributed by atoms with Gasteiger partial charge in [0.1, 0.15) is 17.4 Å². The summed E-state index contributed by atoms with van der Waals surface area (Å²) in [5.41, 5.74) is 3.00. The molecule has 2 aromatic carbocycles. The highest BCUT2D eigenvalue weighted by molar-refractivity contribution is 5.94. The number of methoxy groups -OCH3 is 1. The van der Waals surface area contributed by atoms with E-state index in [4.69, 9.17) is 4.74 Å². The molecule has 1 atom stereocenters. The van der Waals surface area contributed by atoms with Gasteiger partial charge in [0.15, 0.2) is 0 Å². The van der Waals surface area contributed by atoms with Gasteiger partial charge in [0, 0.05) is 25.5 Å². The van der Waals surface area contributed by atoms with Crippen LogP contribution in [0.1, 0.15) is 36.3 Å². The minimum absolute atomic E-state index is 0.225. The monoisotopic (exact) mass is 387 g/mol. The van der Waals surface area contributed by atoms with Crippen molar-refractivity contribution < 1.29 is 4.74 Å². The number of fused-ring (bicyclic) bond motifs is 1. The third-order valence-electron chi connectivity index (χ3n) is 6.02. The fourth-order valence-electron chi connectivity index (χ4n) is 4.44. The van der Waals surface area contributed by atoms with Crippen molar-refractivity contribution >= 4 is 16.6 Å². The molecule has 29 heavy (non-hydrogen) atoms. The summed E-state index contributed by atoms with van der Waals surface area (Å²) in [4.78, 5) is 15.1.